The molecule has 0 aliphatic carbocycles. The summed E-state index contributed by atoms with van der Waals surface area (Å²) in [4.78, 5) is 28.2. The number of anilines is 2. The van der Waals surface area contributed by atoms with E-state index in [1.165, 1.54) is 7.11 Å². The topological polar surface area (TPSA) is 82.4 Å². The molecule has 0 atom stereocenters. The highest BCUT2D eigenvalue weighted by molar-refractivity contribution is 6.46. The fourth-order valence-corrected chi connectivity index (χ4v) is 3.63. The number of aryl methyl sites for hydroxylation is 2. The van der Waals surface area contributed by atoms with Crippen LogP contribution in [-0.4, -0.2) is 18.9 Å². The van der Waals surface area contributed by atoms with Gasteiger partial charge in [0.05, 0.1) is 30.0 Å². The third kappa shape index (κ3) is 3.61. The van der Waals surface area contributed by atoms with Gasteiger partial charge in [0.2, 0.25) is 0 Å². The van der Waals surface area contributed by atoms with Crippen molar-refractivity contribution in [3.63, 3.8) is 0 Å². The van der Waals surface area contributed by atoms with E-state index in [1.54, 1.807) is 48.5 Å². The number of hydrogen-bond donors (Lipinski definition) is 1. The number of ether oxygens (including phenoxy) is 1. The zero-order valence-electron chi connectivity index (χ0n) is 18.0. The molecule has 158 valence electrons. The van der Waals surface area contributed by atoms with Crippen LogP contribution in [0.2, 0.25) is 0 Å². The lowest BCUT2D eigenvalue weighted by Gasteiger charge is -2.15. The van der Waals surface area contributed by atoms with E-state index >= 15 is 0 Å². The van der Waals surface area contributed by atoms with E-state index in [9.17, 15) is 9.59 Å². The predicted octanol–water partition coefficient (Wildman–Crippen LogP) is 4.58. The first-order chi connectivity index (χ1) is 15.4. The molecule has 1 heterocycles. The van der Waals surface area contributed by atoms with Crippen molar-refractivity contribution < 1.29 is 14.3 Å². The molecule has 0 fully saturated rings. The lowest BCUT2D eigenvalue weighted by atomic mass is 10.0. The number of amides is 2. The molecule has 3 aromatic carbocycles. The second kappa shape index (κ2) is 8.40. The average molecular weight is 423 g/mol. The van der Waals surface area contributed by atoms with E-state index in [1.807, 2.05) is 38.1 Å². The average Bonchev–Trinajstić information content (AvgIpc) is 3.05. The Morgan fingerprint density at radius 2 is 1.62 bits per heavy atom. The summed E-state index contributed by atoms with van der Waals surface area (Å²) < 4.78 is 5.47. The van der Waals surface area contributed by atoms with Crippen molar-refractivity contribution in [2.45, 2.75) is 13.8 Å². The summed E-state index contributed by atoms with van der Waals surface area (Å²) in [6.45, 7) is 4.00. The summed E-state index contributed by atoms with van der Waals surface area (Å²) in [5, 5.41) is 12.2. The van der Waals surface area contributed by atoms with Crippen molar-refractivity contribution in [3.05, 3.63) is 94.7 Å². The number of rotatable bonds is 5. The Morgan fingerprint density at radius 3 is 2.28 bits per heavy atom. The first kappa shape index (κ1) is 20.9. The van der Waals surface area contributed by atoms with E-state index in [2.05, 4.69) is 5.32 Å². The van der Waals surface area contributed by atoms with Crippen LogP contribution in [0, 0.1) is 25.2 Å². The van der Waals surface area contributed by atoms with Gasteiger partial charge in [-0.05, 0) is 67.4 Å². The monoisotopic (exact) mass is 423 g/mol. The van der Waals surface area contributed by atoms with Crippen LogP contribution in [-0.2, 0) is 9.59 Å². The van der Waals surface area contributed by atoms with Crippen LogP contribution in [0.1, 0.15) is 22.3 Å². The molecule has 2 amide bonds. The van der Waals surface area contributed by atoms with Crippen LogP contribution in [0.5, 0.6) is 5.75 Å². The van der Waals surface area contributed by atoms with Crippen LogP contribution in [0.25, 0.3) is 5.57 Å². The highest BCUT2D eigenvalue weighted by atomic mass is 16.5. The van der Waals surface area contributed by atoms with E-state index < -0.39 is 11.8 Å². The Bertz CT molecular complexity index is 1300. The van der Waals surface area contributed by atoms with E-state index in [0.29, 0.717) is 28.3 Å². The predicted molar refractivity (Wildman–Crippen MR) is 123 cm³/mol. The molecule has 0 radical (unpaired) electrons. The minimum absolute atomic E-state index is 0.173. The van der Waals surface area contributed by atoms with Crippen LogP contribution in [0.4, 0.5) is 11.4 Å². The molecule has 1 aliphatic rings. The molecule has 0 saturated carbocycles. The largest absolute Gasteiger partial charge is 0.496 e. The maximum Gasteiger partial charge on any atom is 0.282 e. The quantitative estimate of drug-likeness (QED) is 0.608. The standard InChI is InChI=1S/C26H21N3O3/c1-16-8-11-19(14-17(16)2)28-24-23(21-6-4-5-7-22(21)32-3)25(30)29(26(24)31)20-12-9-18(15-27)10-13-20/h4-14,28H,1-3H3. The number of carbonyl (C=O) groups excluding carboxylic acids is 2. The maximum atomic E-state index is 13.5. The lowest BCUT2D eigenvalue weighted by molar-refractivity contribution is -0.120. The smallest absolute Gasteiger partial charge is 0.282 e. The number of carbonyl (C=O) groups is 2. The van der Waals surface area contributed by atoms with E-state index in [4.69, 9.17) is 10.00 Å². The van der Waals surface area contributed by atoms with Crippen molar-refractivity contribution in [1.82, 2.24) is 0 Å². The fourth-order valence-electron chi connectivity index (χ4n) is 3.63. The summed E-state index contributed by atoms with van der Waals surface area (Å²) in [5.74, 6) is -0.445. The maximum absolute atomic E-state index is 13.5. The Labute approximate surface area is 186 Å². The zero-order chi connectivity index (χ0) is 22.8. The van der Waals surface area contributed by atoms with Crippen molar-refractivity contribution in [1.29, 1.82) is 5.26 Å². The number of hydrogen-bond acceptors (Lipinski definition) is 5. The minimum Gasteiger partial charge on any atom is -0.496 e. The Balaban J connectivity index is 1.85. The van der Waals surface area contributed by atoms with Crippen LogP contribution < -0.4 is 15.0 Å². The van der Waals surface area contributed by atoms with E-state index in [0.717, 1.165) is 16.0 Å². The second-order valence-electron chi connectivity index (χ2n) is 7.48. The fraction of sp³-hybridized carbons (Fsp3) is 0.115. The Hall–Kier alpha value is -4.37. The van der Waals surface area contributed by atoms with Gasteiger partial charge < -0.3 is 10.1 Å². The third-order valence-corrected chi connectivity index (χ3v) is 5.49. The van der Waals surface area contributed by atoms with Crippen molar-refractivity contribution in [2.24, 2.45) is 0 Å². The number of methoxy groups -OCH3 is 1. The van der Waals surface area contributed by atoms with Crippen molar-refractivity contribution in [2.75, 3.05) is 17.3 Å². The summed E-state index contributed by atoms with van der Waals surface area (Å²) in [6.07, 6.45) is 0. The minimum atomic E-state index is -0.473. The Kier molecular flexibility index (Phi) is 5.48. The van der Waals surface area contributed by atoms with Gasteiger partial charge in [0, 0.05) is 11.3 Å². The normalized spacial score (nSPS) is 13.4. The van der Waals surface area contributed by atoms with Gasteiger partial charge in [-0.3, -0.25) is 9.59 Å². The molecule has 32 heavy (non-hydrogen) atoms. The molecule has 0 spiro atoms. The summed E-state index contributed by atoms with van der Waals surface area (Å²) in [6, 6.07) is 21.2. The third-order valence-electron chi connectivity index (χ3n) is 5.49. The van der Waals surface area contributed by atoms with Gasteiger partial charge in [-0.2, -0.15) is 5.26 Å². The molecule has 6 heteroatoms. The van der Waals surface area contributed by atoms with Gasteiger partial charge >= 0.3 is 0 Å². The number of para-hydroxylation sites is 1. The van der Waals surface area contributed by atoms with Crippen LogP contribution >= 0.6 is 0 Å². The SMILES string of the molecule is COc1ccccc1C1=C(Nc2ccc(C)c(C)c2)C(=O)N(c2ccc(C#N)cc2)C1=O. The lowest BCUT2D eigenvalue weighted by Crippen LogP contribution is -2.32. The molecule has 1 N–H and O–H groups in total. The van der Waals surface area contributed by atoms with Gasteiger partial charge in [-0.25, -0.2) is 4.90 Å². The molecule has 3 aromatic rings. The summed E-state index contributed by atoms with van der Waals surface area (Å²) in [5.41, 5.74) is 4.66. The highest BCUT2D eigenvalue weighted by Gasteiger charge is 2.41. The summed E-state index contributed by atoms with van der Waals surface area (Å²) >= 11 is 0. The zero-order valence-corrected chi connectivity index (χ0v) is 18.0. The van der Waals surface area contributed by atoms with Crippen LogP contribution in [0.3, 0.4) is 0 Å². The van der Waals surface area contributed by atoms with Crippen LogP contribution in [0.15, 0.2) is 72.4 Å². The molecular weight excluding hydrogens is 402 g/mol. The molecule has 4 rings (SSSR count). The molecule has 0 saturated heterocycles. The number of nitrogens with one attached hydrogen (secondary N) is 1. The molecule has 1 aliphatic heterocycles. The molecule has 0 unspecified atom stereocenters. The Morgan fingerprint density at radius 1 is 0.906 bits per heavy atom. The van der Waals surface area contributed by atoms with Gasteiger partial charge in [-0.1, -0.05) is 24.3 Å². The van der Waals surface area contributed by atoms with E-state index in [-0.39, 0.29) is 11.3 Å². The van der Waals surface area contributed by atoms with Gasteiger partial charge in [-0.15, -0.1) is 0 Å². The number of nitrogens with zero attached hydrogens (tertiary/aromatic N) is 2. The molecular formula is C26H21N3O3. The second-order valence-corrected chi connectivity index (χ2v) is 7.48. The first-order valence-electron chi connectivity index (χ1n) is 10.1. The molecule has 0 bridgehead atoms. The summed E-state index contributed by atoms with van der Waals surface area (Å²) in [7, 11) is 1.52. The van der Waals surface area contributed by atoms with Gasteiger partial charge in [0.1, 0.15) is 11.4 Å². The van der Waals surface area contributed by atoms with Crippen molar-refractivity contribution in [3.8, 4) is 11.8 Å². The number of nitriles is 1. The molecule has 0 aromatic heterocycles. The number of benzene rings is 3. The van der Waals surface area contributed by atoms with Gasteiger partial charge in [0.25, 0.3) is 11.8 Å². The van der Waals surface area contributed by atoms with Crippen molar-refractivity contribution >= 4 is 28.8 Å². The first-order valence-corrected chi connectivity index (χ1v) is 10.1. The van der Waals surface area contributed by atoms with Gasteiger partial charge in [0.15, 0.2) is 0 Å². The highest BCUT2D eigenvalue weighted by Crippen LogP contribution is 2.37. The molecule has 6 nitrogen and oxygen atoms in total. The number of imide groups is 1.